The van der Waals surface area contributed by atoms with Gasteiger partial charge in [0.15, 0.2) is 5.15 Å². The minimum absolute atomic E-state index is 0.349. The summed E-state index contributed by atoms with van der Waals surface area (Å²) in [4.78, 5) is 16.1. The fourth-order valence-corrected chi connectivity index (χ4v) is 3.79. The quantitative estimate of drug-likeness (QED) is 0.799. The van der Waals surface area contributed by atoms with Crippen LogP contribution in [0.1, 0.15) is 28.5 Å². The molecule has 6 heteroatoms. The van der Waals surface area contributed by atoms with Gasteiger partial charge >= 0.3 is 5.97 Å². The van der Waals surface area contributed by atoms with Gasteiger partial charge in [0.1, 0.15) is 5.82 Å². The van der Waals surface area contributed by atoms with Crippen molar-refractivity contribution in [2.24, 2.45) is 0 Å². The second kappa shape index (κ2) is 5.06. The third-order valence-corrected chi connectivity index (χ3v) is 4.78. The van der Waals surface area contributed by atoms with Gasteiger partial charge in [0.2, 0.25) is 0 Å². The number of fused-ring (bicyclic) bond motifs is 1. The molecular weight excluding hydrogens is 284 g/mol. The van der Waals surface area contributed by atoms with E-state index in [9.17, 15) is 4.79 Å². The molecule has 1 saturated heterocycles. The summed E-state index contributed by atoms with van der Waals surface area (Å²) in [6.45, 7) is 0. The molecule has 19 heavy (non-hydrogen) atoms. The van der Waals surface area contributed by atoms with E-state index in [4.69, 9.17) is 16.3 Å². The van der Waals surface area contributed by atoms with E-state index in [2.05, 4.69) is 4.98 Å². The summed E-state index contributed by atoms with van der Waals surface area (Å²) in [7, 11) is 1.38. The van der Waals surface area contributed by atoms with Crippen LogP contribution >= 0.6 is 23.4 Å². The van der Waals surface area contributed by atoms with Crippen molar-refractivity contribution in [1.82, 2.24) is 9.38 Å². The maximum atomic E-state index is 11.6. The highest BCUT2D eigenvalue weighted by atomic mass is 35.5. The van der Waals surface area contributed by atoms with Gasteiger partial charge in [-0.2, -0.15) is 11.8 Å². The molecule has 1 atom stereocenters. The number of hydrogen-bond acceptors (Lipinski definition) is 4. The zero-order valence-electron chi connectivity index (χ0n) is 10.4. The number of thioether (sulfide) groups is 1. The predicted octanol–water partition coefficient (Wildman–Crippen LogP) is 2.99. The van der Waals surface area contributed by atoms with Crippen LogP contribution in [-0.2, 0) is 4.74 Å². The summed E-state index contributed by atoms with van der Waals surface area (Å²) in [5.74, 6) is 3.19. The van der Waals surface area contributed by atoms with Gasteiger partial charge < -0.3 is 9.14 Å². The topological polar surface area (TPSA) is 43.6 Å². The van der Waals surface area contributed by atoms with Gasteiger partial charge in [0, 0.05) is 17.9 Å². The molecule has 0 N–H and O–H groups in total. The van der Waals surface area contributed by atoms with Crippen LogP contribution in [0, 0.1) is 0 Å². The van der Waals surface area contributed by atoms with E-state index >= 15 is 0 Å². The summed E-state index contributed by atoms with van der Waals surface area (Å²) in [6.07, 6.45) is 2.86. The number of hydrogen-bond donors (Lipinski definition) is 0. The first-order valence-electron chi connectivity index (χ1n) is 6.04. The van der Waals surface area contributed by atoms with Crippen molar-refractivity contribution in [1.29, 1.82) is 0 Å². The van der Waals surface area contributed by atoms with E-state index in [0.29, 0.717) is 16.6 Å². The third-order valence-electron chi connectivity index (χ3n) is 3.34. The molecule has 1 aliphatic heterocycles. The highest BCUT2D eigenvalue weighted by molar-refractivity contribution is 7.99. The van der Waals surface area contributed by atoms with E-state index in [-0.39, 0.29) is 5.97 Å². The van der Waals surface area contributed by atoms with Crippen molar-refractivity contribution >= 4 is 34.8 Å². The average Bonchev–Trinajstić information content (AvgIpc) is 3.06. The first kappa shape index (κ1) is 12.8. The molecule has 0 aromatic carbocycles. The molecule has 4 nitrogen and oxygen atoms in total. The zero-order valence-corrected chi connectivity index (χ0v) is 12.0. The molecule has 3 heterocycles. The number of methoxy groups -OCH3 is 1. The first-order valence-corrected chi connectivity index (χ1v) is 7.57. The number of halogens is 1. The second-order valence-corrected chi connectivity index (χ2v) is 5.99. The van der Waals surface area contributed by atoms with Gasteiger partial charge in [-0.15, -0.1) is 0 Å². The molecule has 0 saturated carbocycles. The second-order valence-electron chi connectivity index (χ2n) is 4.49. The number of pyridine rings is 1. The molecular formula is C13H13ClN2O2S. The van der Waals surface area contributed by atoms with Crippen LogP contribution in [0.3, 0.4) is 0 Å². The molecule has 0 bridgehead atoms. The Morgan fingerprint density at radius 2 is 2.42 bits per heavy atom. The van der Waals surface area contributed by atoms with Gasteiger partial charge in [-0.05, 0) is 24.3 Å². The SMILES string of the molecule is COC(=O)c1ccc2c(Cl)nc(C3CCSC3)n2c1. The van der Waals surface area contributed by atoms with Gasteiger partial charge in [-0.3, -0.25) is 0 Å². The monoisotopic (exact) mass is 296 g/mol. The molecule has 0 aliphatic carbocycles. The Morgan fingerprint density at radius 1 is 1.58 bits per heavy atom. The largest absolute Gasteiger partial charge is 0.465 e. The Labute approximate surface area is 120 Å². The summed E-state index contributed by atoms with van der Waals surface area (Å²) >= 11 is 8.09. The molecule has 1 aliphatic rings. The number of rotatable bonds is 2. The summed E-state index contributed by atoms with van der Waals surface area (Å²) in [5, 5.41) is 0.489. The van der Waals surface area contributed by atoms with Crippen LogP contribution in [0.15, 0.2) is 18.3 Å². The molecule has 0 spiro atoms. The van der Waals surface area contributed by atoms with Gasteiger partial charge in [-0.25, -0.2) is 9.78 Å². The van der Waals surface area contributed by atoms with E-state index < -0.39 is 0 Å². The number of nitrogens with zero attached hydrogens (tertiary/aromatic N) is 2. The highest BCUT2D eigenvalue weighted by Gasteiger charge is 2.24. The van der Waals surface area contributed by atoms with Crippen molar-refractivity contribution in [2.75, 3.05) is 18.6 Å². The maximum Gasteiger partial charge on any atom is 0.339 e. The Balaban J connectivity index is 2.13. The Bertz CT molecular complexity index is 635. The van der Waals surface area contributed by atoms with Gasteiger partial charge in [-0.1, -0.05) is 11.6 Å². The average molecular weight is 297 g/mol. The molecule has 0 radical (unpaired) electrons. The van der Waals surface area contributed by atoms with Crippen LogP contribution in [0.2, 0.25) is 5.15 Å². The van der Waals surface area contributed by atoms with Crippen LogP contribution in [-0.4, -0.2) is 34.0 Å². The van der Waals surface area contributed by atoms with Gasteiger partial charge in [0.05, 0.1) is 18.2 Å². The molecule has 1 fully saturated rings. The Kier molecular flexibility index (Phi) is 3.41. The minimum Gasteiger partial charge on any atom is -0.465 e. The van der Waals surface area contributed by atoms with Crippen molar-refractivity contribution in [3.05, 3.63) is 34.9 Å². The number of ether oxygens (including phenoxy) is 1. The number of carbonyl (C=O) groups excluding carboxylic acids is 1. The predicted molar refractivity (Wildman–Crippen MR) is 76.2 cm³/mol. The van der Waals surface area contributed by atoms with E-state index in [1.807, 2.05) is 22.2 Å². The Hall–Kier alpha value is -1.20. The summed E-state index contributed by atoms with van der Waals surface area (Å²) in [6, 6.07) is 3.52. The lowest BCUT2D eigenvalue weighted by Crippen LogP contribution is -2.06. The van der Waals surface area contributed by atoms with Crippen LogP contribution in [0.25, 0.3) is 5.52 Å². The molecule has 3 rings (SSSR count). The van der Waals surface area contributed by atoms with Crippen LogP contribution in [0.5, 0.6) is 0 Å². The van der Waals surface area contributed by atoms with Crippen molar-refractivity contribution in [3.63, 3.8) is 0 Å². The molecule has 100 valence electrons. The lowest BCUT2D eigenvalue weighted by molar-refractivity contribution is 0.0600. The molecule has 0 amide bonds. The lowest BCUT2D eigenvalue weighted by atomic mass is 10.1. The summed E-state index contributed by atoms with van der Waals surface area (Å²) in [5.41, 5.74) is 1.34. The van der Waals surface area contributed by atoms with Crippen molar-refractivity contribution in [3.8, 4) is 0 Å². The maximum absolute atomic E-state index is 11.6. The standard InChI is InChI=1S/C13H13ClN2O2S/c1-18-13(17)8-2-3-10-11(14)15-12(16(10)6-8)9-4-5-19-7-9/h2-3,6,9H,4-5,7H2,1H3. The van der Waals surface area contributed by atoms with E-state index in [1.54, 1.807) is 12.3 Å². The fraction of sp³-hybridized carbons (Fsp3) is 0.385. The van der Waals surface area contributed by atoms with Crippen molar-refractivity contribution in [2.45, 2.75) is 12.3 Å². The minimum atomic E-state index is -0.349. The zero-order chi connectivity index (χ0) is 13.4. The number of carbonyl (C=O) groups is 1. The fourth-order valence-electron chi connectivity index (χ4n) is 2.33. The van der Waals surface area contributed by atoms with Gasteiger partial charge in [0.25, 0.3) is 0 Å². The molecule has 2 aromatic rings. The number of aromatic nitrogens is 2. The van der Waals surface area contributed by atoms with Crippen LogP contribution < -0.4 is 0 Å². The third kappa shape index (κ3) is 2.21. The first-order chi connectivity index (χ1) is 9.20. The molecule has 1 unspecified atom stereocenters. The number of esters is 1. The Morgan fingerprint density at radius 3 is 3.11 bits per heavy atom. The van der Waals surface area contributed by atoms with E-state index in [1.165, 1.54) is 7.11 Å². The molecule has 2 aromatic heterocycles. The van der Waals surface area contributed by atoms with Crippen molar-refractivity contribution < 1.29 is 9.53 Å². The number of imidazole rings is 1. The highest BCUT2D eigenvalue weighted by Crippen LogP contribution is 2.34. The van der Waals surface area contributed by atoms with E-state index in [0.717, 1.165) is 29.3 Å². The lowest BCUT2D eigenvalue weighted by Gasteiger charge is -2.08. The van der Waals surface area contributed by atoms with Crippen LogP contribution in [0.4, 0.5) is 0 Å². The smallest absolute Gasteiger partial charge is 0.339 e. The summed E-state index contributed by atoms with van der Waals surface area (Å²) < 4.78 is 6.67. The normalized spacial score (nSPS) is 18.9.